The Hall–Kier alpha value is -2.32. The molecule has 0 aromatic carbocycles. The molecule has 0 radical (unpaired) electrons. The first-order chi connectivity index (χ1) is 27.4. The van der Waals surface area contributed by atoms with Crippen LogP contribution in [0.1, 0.15) is 168 Å². The van der Waals surface area contributed by atoms with Crippen molar-refractivity contribution < 1.29 is 32.8 Å². The predicted molar refractivity (Wildman–Crippen MR) is 238 cm³/mol. The third-order valence-corrected chi connectivity index (χ3v) is 9.79. The molecule has 0 aliphatic rings. The van der Waals surface area contributed by atoms with Gasteiger partial charge in [-0.05, 0) is 77.0 Å². The normalized spacial score (nSPS) is 14.3. The Labute approximate surface area is 343 Å². The lowest BCUT2D eigenvalue weighted by Gasteiger charge is -2.20. The number of carbonyl (C=O) groups is 1. The maximum atomic E-state index is 12.6. The van der Waals surface area contributed by atoms with Crippen LogP contribution in [-0.4, -0.2) is 49.9 Å². The van der Waals surface area contributed by atoms with Gasteiger partial charge in [0.1, 0.15) is 6.10 Å². The standard InChI is InChI=1S/C47H82NO7P/c1-3-5-7-9-11-13-15-17-19-21-23-24-26-28-30-32-34-36-38-40-47(49)55-46(45-54-56(50,51)53-43-41-48)44-52-42-39-37-35-33-31-29-27-25-22-20-18-16-14-12-10-8-6-4-2/h5,7,11,13,17-20,23-24,28,30,34,36,46H,3-4,6,8-10,12,14-16,21-22,25-27,29,31-33,35,37-45,48H2,1-2H3,(H,50,51)/b7-5-,13-11-,19-17-,20-18-,24-23-,30-28-,36-34-. The van der Waals surface area contributed by atoms with E-state index in [0.29, 0.717) is 13.0 Å². The van der Waals surface area contributed by atoms with E-state index in [2.05, 4.69) is 86.8 Å². The minimum Gasteiger partial charge on any atom is -0.457 e. The molecule has 0 rings (SSSR count). The van der Waals surface area contributed by atoms with Crippen molar-refractivity contribution in [3.8, 4) is 0 Å². The molecule has 0 saturated heterocycles. The molecular formula is C47H82NO7P. The Bertz CT molecular complexity index is 1130. The molecule has 0 bridgehead atoms. The second kappa shape index (κ2) is 43.8. The number of hydrogen-bond donors (Lipinski definition) is 2. The fourth-order valence-electron chi connectivity index (χ4n) is 5.60. The summed E-state index contributed by atoms with van der Waals surface area (Å²) in [7, 11) is -4.30. The molecule has 56 heavy (non-hydrogen) atoms. The Balaban J connectivity index is 4.17. The topological polar surface area (TPSA) is 117 Å². The second-order valence-electron chi connectivity index (χ2n) is 14.2. The molecular weight excluding hydrogens is 721 g/mol. The molecule has 0 aromatic rings. The maximum absolute atomic E-state index is 12.6. The van der Waals surface area contributed by atoms with Gasteiger partial charge in [-0.15, -0.1) is 0 Å². The maximum Gasteiger partial charge on any atom is 0.472 e. The van der Waals surface area contributed by atoms with Gasteiger partial charge in [0, 0.05) is 19.6 Å². The van der Waals surface area contributed by atoms with Crippen LogP contribution in [0, 0.1) is 0 Å². The third kappa shape index (κ3) is 42.8. The summed E-state index contributed by atoms with van der Waals surface area (Å²) in [6.07, 6.45) is 56.2. The van der Waals surface area contributed by atoms with Crippen LogP contribution >= 0.6 is 7.82 Å². The summed E-state index contributed by atoms with van der Waals surface area (Å²) in [6, 6.07) is 0. The van der Waals surface area contributed by atoms with E-state index in [9.17, 15) is 14.3 Å². The zero-order chi connectivity index (χ0) is 40.9. The molecule has 2 atom stereocenters. The molecule has 3 N–H and O–H groups in total. The smallest absolute Gasteiger partial charge is 0.457 e. The summed E-state index contributed by atoms with van der Waals surface area (Å²) < 4.78 is 33.4. The van der Waals surface area contributed by atoms with Crippen molar-refractivity contribution >= 4 is 13.8 Å². The van der Waals surface area contributed by atoms with Gasteiger partial charge in [0.05, 0.1) is 19.8 Å². The molecule has 0 heterocycles. The molecule has 0 aliphatic heterocycles. The van der Waals surface area contributed by atoms with Gasteiger partial charge >= 0.3 is 13.8 Å². The van der Waals surface area contributed by atoms with Crippen molar-refractivity contribution in [3.05, 3.63) is 85.1 Å². The van der Waals surface area contributed by atoms with Gasteiger partial charge in [0.2, 0.25) is 0 Å². The molecule has 0 spiro atoms. The van der Waals surface area contributed by atoms with E-state index >= 15 is 0 Å². The van der Waals surface area contributed by atoms with Crippen LogP contribution < -0.4 is 5.73 Å². The molecule has 8 nitrogen and oxygen atoms in total. The quantitative estimate of drug-likeness (QED) is 0.0272. The Kier molecular flexibility index (Phi) is 42.0. The van der Waals surface area contributed by atoms with E-state index in [1.165, 1.54) is 89.9 Å². The monoisotopic (exact) mass is 804 g/mol. The highest BCUT2D eigenvalue weighted by molar-refractivity contribution is 7.47. The van der Waals surface area contributed by atoms with E-state index in [4.69, 9.17) is 24.3 Å². The first kappa shape index (κ1) is 53.7. The van der Waals surface area contributed by atoms with E-state index in [-0.39, 0.29) is 32.8 Å². The first-order valence-corrected chi connectivity index (χ1v) is 23.6. The zero-order valence-corrected chi connectivity index (χ0v) is 36.5. The highest BCUT2D eigenvalue weighted by Gasteiger charge is 2.25. The number of allylic oxidation sites excluding steroid dienone is 14. The lowest BCUT2D eigenvalue weighted by molar-refractivity contribution is -0.154. The fourth-order valence-corrected chi connectivity index (χ4v) is 6.37. The highest BCUT2D eigenvalue weighted by atomic mass is 31.2. The Morgan fingerprint density at radius 2 is 1.00 bits per heavy atom. The SMILES string of the molecule is CC/C=C\C/C=C\C/C=C\C/C=C\C/C=C\C/C=C\CCC(=O)OC(COCCCCCCCCCC/C=C\CCCCCCCC)COP(=O)(O)OCCN. The molecule has 0 amide bonds. The number of unbranched alkanes of at least 4 members (excludes halogenated alkanes) is 14. The lowest BCUT2D eigenvalue weighted by Crippen LogP contribution is -2.28. The minimum absolute atomic E-state index is 0.0793. The number of hydrogen-bond acceptors (Lipinski definition) is 7. The van der Waals surface area contributed by atoms with Gasteiger partial charge in [-0.25, -0.2) is 4.57 Å². The highest BCUT2D eigenvalue weighted by Crippen LogP contribution is 2.43. The molecule has 2 unspecified atom stereocenters. The average molecular weight is 804 g/mol. The molecule has 322 valence electrons. The number of carbonyl (C=O) groups excluding carboxylic acids is 1. The summed E-state index contributed by atoms with van der Waals surface area (Å²) in [5.74, 6) is -0.415. The van der Waals surface area contributed by atoms with Crippen molar-refractivity contribution in [3.63, 3.8) is 0 Å². The van der Waals surface area contributed by atoms with Gasteiger partial charge in [-0.3, -0.25) is 13.8 Å². The number of esters is 1. The van der Waals surface area contributed by atoms with Crippen LogP contribution in [-0.2, 0) is 27.9 Å². The van der Waals surface area contributed by atoms with Crippen LogP contribution in [0.5, 0.6) is 0 Å². The second-order valence-corrected chi connectivity index (χ2v) is 15.6. The van der Waals surface area contributed by atoms with Crippen LogP contribution in [0.15, 0.2) is 85.1 Å². The first-order valence-electron chi connectivity index (χ1n) is 22.1. The Morgan fingerprint density at radius 3 is 1.50 bits per heavy atom. The third-order valence-electron chi connectivity index (χ3n) is 8.81. The summed E-state index contributed by atoms with van der Waals surface area (Å²) in [5, 5.41) is 0. The minimum atomic E-state index is -4.30. The fraction of sp³-hybridized carbons (Fsp3) is 0.681. The van der Waals surface area contributed by atoms with Gasteiger partial charge < -0.3 is 20.1 Å². The predicted octanol–water partition coefficient (Wildman–Crippen LogP) is 13.3. The largest absolute Gasteiger partial charge is 0.472 e. The van der Waals surface area contributed by atoms with Crippen LogP contribution in [0.4, 0.5) is 0 Å². The lowest BCUT2D eigenvalue weighted by atomic mass is 10.1. The van der Waals surface area contributed by atoms with E-state index in [1.54, 1.807) is 0 Å². The molecule has 0 fully saturated rings. The van der Waals surface area contributed by atoms with Crippen LogP contribution in [0.25, 0.3) is 0 Å². The van der Waals surface area contributed by atoms with Crippen molar-refractivity contribution in [1.82, 2.24) is 0 Å². The van der Waals surface area contributed by atoms with Crippen molar-refractivity contribution in [2.75, 3.05) is 33.0 Å². The summed E-state index contributed by atoms with van der Waals surface area (Å²) >= 11 is 0. The zero-order valence-electron chi connectivity index (χ0n) is 35.6. The van der Waals surface area contributed by atoms with Gasteiger partial charge in [-0.1, -0.05) is 170 Å². The average Bonchev–Trinajstić information content (AvgIpc) is 3.19. The van der Waals surface area contributed by atoms with Crippen molar-refractivity contribution in [1.29, 1.82) is 0 Å². The number of phosphoric acid groups is 1. The molecule has 0 saturated carbocycles. The van der Waals surface area contributed by atoms with Gasteiger partial charge in [0.25, 0.3) is 0 Å². The number of nitrogens with two attached hydrogens (primary N) is 1. The molecule has 0 aromatic heterocycles. The van der Waals surface area contributed by atoms with E-state index in [1.807, 2.05) is 12.2 Å². The summed E-state index contributed by atoms with van der Waals surface area (Å²) in [6.45, 7) is 4.68. The Morgan fingerprint density at radius 1 is 0.554 bits per heavy atom. The van der Waals surface area contributed by atoms with Gasteiger partial charge in [0.15, 0.2) is 0 Å². The van der Waals surface area contributed by atoms with Crippen molar-refractivity contribution in [2.24, 2.45) is 5.73 Å². The van der Waals surface area contributed by atoms with E-state index < -0.39 is 19.9 Å². The van der Waals surface area contributed by atoms with Crippen molar-refractivity contribution in [2.45, 2.75) is 174 Å². The summed E-state index contributed by atoms with van der Waals surface area (Å²) in [5.41, 5.74) is 5.36. The molecule has 9 heteroatoms. The van der Waals surface area contributed by atoms with Gasteiger partial charge in [-0.2, -0.15) is 0 Å². The molecule has 0 aliphatic carbocycles. The number of phosphoric ester groups is 1. The summed E-state index contributed by atoms with van der Waals surface area (Å²) in [4.78, 5) is 22.5. The number of ether oxygens (including phenoxy) is 2. The van der Waals surface area contributed by atoms with Crippen LogP contribution in [0.3, 0.4) is 0 Å². The van der Waals surface area contributed by atoms with Crippen LogP contribution in [0.2, 0.25) is 0 Å². The van der Waals surface area contributed by atoms with E-state index in [0.717, 1.165) is 51.4 Å². The number of rotatable bonds is 41.